The van der Waals surface area contributed by atoms with Gasteiger partial charge < -0.3 is 0 Å². The van der Waals surface area contributed by atoms with E-state index in [1.165, 1.54) is 23.3 Å². The predicted octanol–water partition coefficient (Wildman–Crippen LogP) is 2.35. The lowest BCUT2D eigenvalue weighted by molar-refractivity contribution is -0.385. The number of halogens is 1. The summed E-state index contributed by atoms with van der Waals surface area (Å²) in [5.41, 5.74) is 0.146. The second-order valence-corrected chi connectivity index (χ2v) is 4.27. The van der Waals surface area contributed by atoms with Crippen LogP contribution in [0.3, 0.4) is 0 Å². The van der Waals surface area contributed by atoms with Crippen molar-refractivity contribution in [1.82, 2.24) is 19.7 Å². The number of aromatic nitrogens is 4. The Bertz CT molecular complexity index is 581. The highest BCUT2D eigenvalue weighted by Crippen LogP contribution is 2.33. The van der Waals surface area contributed by atoms with Crippen LogP contribution >= 0.6 is 11.6 Å². The number of hydrogen-bond acceptors (Lipinski definition) is 5. The highest BCUT2D eigenvalue weighted by Gasteiger charge is 2.29. The van der Waals surface area contributed by atoms with Crippen molar-refractivity contribution in [3.8, 4) is 5.82 Å². The van der Waals surface area contributed by atoms with Crippen LogP contribution in [0.25, 0.3) is 5.82 Å². The van der Waals surface area contributed by atoms with E-state index in [0.29, 0.717) is 11.5 Å². The van der Waals surface area contributed by atoms with E-state index in [1.807, 2.05) is 13.8 Å². The lowest BCUT2D eigenvalue weighted by Crippen LogP contribution is -2.01. The third-order valence-electron chi connectivity index (χ3n) is 2.33. The van der Waals surface area contributed by atoms with Gasteiger partial charge in [-0.1, -0.05) is 25.4 Å². The Labute approximate surface area is 108 Å². The molecule has 0 N–H and O–H groups in total. The molecule has 0 radical (unpaired) electrons. The minimum Gasteiger partial charge on any atom is -0.259 e. The van der Waals surface area contributed by atoms with Crippen molar-refractivity contribution in [2.75, 3.05) is 0 Å². The molecule has 0 aliphatic heterocycles. The summed E-state index contributed by atoms with van der Waals surface area (Å²) in [5.74, 6) is 0.235. The van der Waals surface area contributed by atoms with E-state index >= 15 is 0 Å². The van der Waals surface area contributed by atoms with E-state index in [9.17, 15) is 10.1 Å². The first-order chi connectivity index (χ1) is 8.52. The summed E-state index contributed by atoms with van der Waals surface area (Å²) >= 11 is 5.99. The van der Waals surface area contributed by atoms with Crippen molar-refractivity contribution in [2.45, 2.75) is 19.8 Å². The quantitative estimate of drug-likeness (QED) is 0.629. The number of rotatable bonds is 3. The number of hydrogen-bond donors (Lipinski definition) is 0. The molecule has 0 aliphatic carbocycles. The van der Waals surface area contributed by atoms with Crippen molar-refractivity contribution in [3.63, 3.8) is 0 Å². The molecule has 94 valence electrons. The highest BCUT2D eigenvalue weighted by atomic mass is 35.5. The van der Waals surface area contributed by atoms with Crippen molar-refractivity contribution in [2.24, 2.45) is 0 Å². The molecule has 0 spiro atoms. The van der Waals surface area contributed by atoms with E-state index in [0.717, 1.165) is 0 Å². The molecule has 0 fully saturated rings. The fourth-order valence-electron chi connectivity index (χ4n) is 1.52. The summed E-state index contributed by atoms with van der Waals surface area (Å²) in [6.45, 7) is 3.62. The van der Waals surface area contributed by atoms with Gasteiger partial charge >= 0.3 is 5.69 Å². The van der Waals surface area contributed by atoms with Gasteiger partial charge in [-0.2, -0.15) is 9.78 Å². The first kappa shape index (κ1) is 12.4. The number of nitrogens with zero attached hydrogens (tertiary/aromatic N) is 5. The Hall–Kier alpha value is -2.02. The molecule has 2 heterocycles. The Kier molecular flexibility index (Phi) is 3.24. The standard InChI is InChI=1S/C10H10ClN5O2/c1-6(2)8-9(16(17)18)10(11)15(14-8)7-5-12-3-4-13-7/h3-6H,1-2H3. The molecule has 0 aromatic carbocycles. The van der Waals surface area contributed by atoms with Crippen LogP contribution in [-0.4, -0.2) is 24.7 Å². The summed E-state index contributed by atoms with van der Waals surface area (Å²) in [7, 11) is 0. The van der Waals surface area contributed by atoms with Gasteiger partial charge in [0.05, 0.1) is 11.1 Å². The van der Waals surface area contributed by atoms with Crippen molar-refractivity contribution < 1.29 is 4.92 Å². The molecule has 8 heteroatoms. The lowest BCUT2D eigenvalue weighted by atomic mass is 10.1. The predicted molar refractivity (Wildman–Crippen MR) is 64.9 cm³/mol. The van der Waals surface area contributed by atoms with Gasteiger partial charge in [0.2, 0.25) is 5.15 Å². The summed E-state index contributed by atoms with van der Waals surface area (Å²) < 4.78 is 1.22. The van der Waals surface area contributed by atoms with Gasteiger partial charge in [-0.05, 0) is 0 Å². The van der Waals surface area contributed by atoms with Crippen LogP contribution in [0.15, 0.2) is 18.6 Å². The molecule has 0 saturated heterocycles. The van der Waals surface area contributed by atoms with Crippen molar-refractivity contribution in [1.29, 1.82) is 0 Å². The summed E-state index contributed by atoms with van der Waals surface area (Å²) in [6.07, 6.45) is 4.40. The van der Waals surface area contributed by atoms with Crippen LogP contribution in [0, 0.1) is 10.1 Å². The molecule has 0 unspecified atom stereocenters. The topological polar surface area (TPSA) is 86.7 Å². The van der Waals surface area contributed by atoms with E-state index in [1.54, 1.807) is 0 Å². The molecule has 0 aliphatic rings. The van der Waals surface area contributed by atoms with Gasteiger partial charge in [0, 0.05) is 18.3 Å². The smallest absolute Gasteiger partial charge is 0.259 e. The van der Waals surface area contributed by atoms with Gasteiger partial charge in [-0.15, -0.1) is 0 Å². The van der Waals surface area contributed by atoms with E-state index in [-0.39, 0.29) is 16.8 Å². The van der Waals surface area contributed by atoms with Crippen LogP contribution in [0.2, 0.25) is 5.15 Å². The van der Waals surface area contributed by atoms with Crippen LogP contribution in [0.5, 0.6) is 0 Å². The molecule has 0 saturated carbocycles. The maximum Gasteiger partial charge on any atom is 0.329 e. The zero-order chi connectivity index (χ0) is 13.3. The van der Waals surface area contributed by atoms with Gasteiger partial charge in [0.1, 0.15) is 5.69 Å². The number of nitro groups is 1. The lowest BCUT2D eigenvalue weighted by Gasteiger charge is -1.99. The highest BCUT2D eigenvalue weighted by molar-refractivity contribution is 6.32. The maximum absolute atomic E-state index is 11.0. The minimum absolute atomic E-state index is 0.0656. The Morgan fingerprint density at radius 3 is 2.61 bits per heavy atom. The molecule has 2 rings (SSSR count). The van der Waals surface area contributed by atoms with Crippen molar-refractivity contribution in [3.05, 3.63) is 39.6 Å². The minimum atomic E-state index is -0.530. The first-order valence-corrected chi connectivity index (χ1v) is 5.59. The largest absolute Gasteiger partial charge is 0.329 e. The zero-order valence-corrected chi connectivity index (χ0v) is 10.5. The average Bonchev–Trinajstić information content (AvgIpc) is 2.68. The monoisotopic (exact) mass is 267 g/mol. The third-order valence-corrected chi connectivity index (χ3v) is 2.67. The first-order valence-electron chi connectivity index (χ1n) is 5.21. The van der Waals surface area contributed by atoms with Gasteiger partial charge in [-0.25, -0.2) is 4.98 Å². The van der Waals surface area contributed by atoms with Crippen LogP contribution in [0.4, 0.5) is 5.69 Å². The molecular formula is C10H10ClN5O2. The van der Waals surface area contributed by atoms with Crippen LogP contribution in [0.1, 0.15) is 25.5 Å². The van der Waals surface area contributed by atoms with Gasteiger partial charge in [0.15, 0.2) is 5.82 Å². The van der Waals surface area contributed by atoms with Crippen LogP contribution < -0.4 is 0 Å². The van der Waals surface area contributed by atoms with Gasteiger partial charge in [0.25, 0.3) is 0 Å². The fourth-order valence-corrected chi connectivity index (χ4v) is 1.81. The van der Waals surface area contributed by atoms with Crippen LogP contribution in [-0.2, 0) is 0 Å². The molecule has 0 bridgehead atoms. The molecule has 7 nitrogen and oxygen atoms in total. The molecule has 0 amide bonds. The second-order valence-electron chi connectivity index (χ2n) is 3.91. The molecule has 2 aromatic rings. The normalized spacial score (nSPS) is 10.9. The Morgan fingerprint density at radius 2 is 2.17 bits per heavy atom. The fraction of sp³-hybridized carbons (Fsp3) is 0.300. The van der Waals surface area contributed by atoms with E-state index < -0.39 is 4.92 Å². The zero-order valence-electron chi connectivity index (χ0n) is 9.74. The Morgan fingerprint density at radius 1 is 1.44 bits per heavy atom. The van der Waals surface area contributed by atoms with Crippen molar-refractivity contribution >= 4 is 17.3 Å². The Balaban J connectivity index is 2.64. The third kappa shape index (κ3) is 2.04. The summed E-state index contributed by atoms with van der Waals surface area (Å²) in [4.78, 5) is 18.4. The molecule has 2 aromatic heterocycles. The van der Waals surface area contributed by atoms with E-state index in [2.05, 4.69) is 15.1 Å². The SMILES string of the molecule is CC(C)c1nn(-c2cnccn2)c(Cl)c1[N+](=O)[O-]. The average molecular weight is 268 g/mol. The molecular weight excluding hydrogens is 258 g/mol. The second kappa shape index (κ2) is 4.69. The summed E-state index contributed by atoms with van der Waals surface area (Å²) in [5, 5.41) is 15.1. The molecule has 0 atom stereocenters. The van der Waals surface area contributed by atoms with Gasteiger partial charge in [-0.3, -0.25) is 15.1 Å². The molecule has 18 heavy (non-hydrogen) atoms. The summed E-state index contributed by atoms with van der Waals surface area (Å²) in [6, 6.07) is 0. The maximum atomic E-state index is 11.0. The van der Waals surface area contributed by atoms with E-state index in [4.69, 9.17) is 11.6 Å².